The summed E-state index contributed by atoms with van der Waals surface area (Å²) in [5, 5.41) is 19.0. The molecule has 2 aromatic carbocycles. The Bertz CT molecular complexity index is 1110. The van der Waals surface area contributed by atoms with E-state index < -0.39 is 0 Å². The Morgan fingerprint density at radius 2 is 1.76 bits per heavy atom. The molecule has 1 N–H and O–H groups in total. The highest BCUT2D eigenvalue weighted by Gasteiger charge is 2.27. The van der Waals surface area contributed by atoms with Crippen LogP contribution in [-0.4, -0.2) is 39.3 Å². The average Bonchev–Trinajstić information content (AvgIpc) is 3.21. The van der Waals surface area contributed by atoms with Crippen molar-refractivity contribution in [3.8, 4) is 5.69 Å². The van der Waals surface area contributed by atoms with Crippen LogP contribution in [0, 0.1) is 8.99 Å². The van der Waals surface area contributed by atoms with E-state index in [1.807, 2.05) is 38.1 Å². The number of hydrogen-bond acceptors (Lipinski definition) is 5. The molecule has 6 nitrogen and oxygen atoms in total. The molecule has 7 heteroatoms. The fourth-order valence-corrected chi connectivity index (χ4v) is 4.12. The van der Waals surface area contributed by atoms with Gasteiger partial charge < -0.3 is 9.84 Å². The standard InChI is InChI=1S/C26H34IN3O3/c1-6-26(7-2,16-31)17-33-24(32)11-8-18-12-19(25(3,4)5)14-21(13-18)30-28-22-10-9-20(27)15-23(22)29-30/h9-10,12-15,31H,6-8,11,16-17H2,1-5H3. The minimum absolute atomic E-state index is 0.0224. The second-order valence-electron chi connectivity index (χ2n) is 9.79. The molecule has 3 rings (SSSR count). The molecule has 0 aliphatic rings. The van der Waals surface area contributed by atoms with E-state index >= 15 is 0 Å². The molecule has 33 heavy (non-hydrogen) atoms. The second-order valence-corrected chi connectivity index (χ2v) is 11.0. The molecule has 0 saturated carbocycles. The van der Waals surface area contributed by atoms with Crippen LogP contribution in [0.2, 0.25) is 0 Å². The van der Waals surface area contributed by atoms with Crippen molar-refractivity contribution in [3.63, 3.8) is 0 Å². The van der Waals surface area contributed by atoms with E-state index in [1.165, 1.54) is 0 Å². The van der Waals surface area contributed by atoms with Gasteiger partial charge in [0.15, 0.2) is 0 Å². The number of fused-ring (bicyclic) bond motifs is 1. The van der Waals surface area contributed by atoms with Gasteiger partial charge in [0, 0.05) is 15.4 Å². The Morgan fingerprint density at radius 3 is 2.39 bits per heavy atom. The molecule has 0 radical (unpaired) electrons. The fourth-order valence-electron chi connectivity index (χ4n) is 3.65. The smallest absolute Gasteiger partial charge is 0.306 e. The van der Waals surface area contributed by atoms with Crippen LogP contribution in [0.3, 0.4) is 0 Å². The minimum atomic E-state index is -0.347. The lowest BCUT2D eigenvalue weighted by molar-refractivity contribution is -0.148. The van der Waals surface area contributed by atoms with Gasteiger partial charge in [-0.15, -0.1) is 10.2 Å². The zero-order valence-electron chi connectivity index (χ0n) is 20.2. The fraction of sp³-hybridized carbons (Fsp3) is 0.500. The molecule has 3 aromatic rings. The number of aliphatic hydroxyl groups excluding tert-OH is 1. The summed E-state index contributed by atoms with van der Waals surface area (Å²) in [6.07, 6.45) is 2.40. The summed E-state index contributed by atoms with van der Waals surface area (Å²) in [5.74, 6) is -0.241. The number of nitrogens with zero attached hydrogens (tertiary/aromatic N) is 3. The van der Waals surface area contributed by atoms with Crippen molar-refractivity contribution in [1.82, 2.24) is 15.0 Å². The first-order chi connectivity index (χ1) is 15.6. The van der Waals surface area contributed by atoms with Gasteiger partial charge in [-0.3, -0.25) is 4.79 Å². The molecule has 0 saturated heterocycles. The monoisotopic (exact) mass is 563 g/mol. The van der Waals surface area contributed by atoms with Gasteiger partial charge in [-0.2, -0.15) is 4.80 Å². The summed E-state index contributed by atoms with van der Waals surface area (Å²) < 4.78 is 6.65. The normalized spacial score (nSPS) is 12.3. The van der Waals surface area contributed by atoms with E-state index in [2.05, 4.69) is 65.7 Å². The molecule has 1 aromatic heterocycles. The van der Waals surface area contributed by atoms with E-state index in [9.17, 15) is 9.90 Å². The van der Waals surface area contributed by atoms with Gasteiger partial charge in [-0.25, -0.2) is 0 Å². The number of aliphatic hydroxyl groups is 1. The van der Waals surface area contributed by atoms with Gasteiger partial charge in [-0.1, -0.05) is 40.7 Å². The first kappa shape index (κ1) is 25.6. The summed E-state index contributed by atoms with van der Waals surface area (Å²) in [5.41, 5.74) is 4.39. The number of rotatable bonds is 9. The van der Waals surface area contributed by atoms with Crippen molar-refractivity contribution in [2.24, 2.45) is 5.41 Å². The SMILES string of the molecule is CCC(CC)(CO)COC(=O)CCc1cc(-n2nc3ccc(I)cc3n2)cc(C(C)(C)C)c1. The third kappa shape index (κ3) is 6.32. The zero-order chi connectivity index (χ0) is 24.2. The third-order valence-electron chi connectivity index (χ3n) is 6.41. The first-order valence-corrected chi connectivity index (χ1v) is 12.6. The highest BCUT2D eigenvalue weighted by atomic mass is 127. The van der Waals surface area contributed by atoms with E-state index in [0.717, 1.165) is 44.3 Å². The summed E-state index contributed by atoms with van der Waals surface area (Å²) in [7, 11) is 0. The predicted octanol–water partition coefficient (Wildman–Crippen LogP) is 5.60. The first-order valence-electron chi connectivity index (χ1n) is 11.5. The molecule has 0 amide bonds. The van der Waals surface area contributed by atoms with Gasteiger partial charge >= 0.3 is 5.97 Å². The van der Waals surface area contributed by atoms with Crippen LogP contribution in [0.1, 0.15) is 65.0 Å². The highest BCUT2D eigenvalue weighted by molar-refractivity contribution is 14.1. The molecule has 0 aliphatic heterocycles. The second kappa shape index (κ2) is 10.5. The quantitative estimate of drug-likeness (QED) is 0.271. The number of carbonyl (C=O) groups excluding carboxylic acids is 1. The number of aromatic nitrogens is 3. The maximum Gasteiger partial charge on any atom is 0.306 e. The molecule has 0 unspecified atom stereocenters. The number of aryl methyl sites for hydroxylation is 1. The van der Waals surface area contributed by atoms with Crippen molar-refractivity contribution in [3.05, 3.63) is 51.1 Å². The van der Waals surface area contributed by atoms with Crippen molar-refractivity contribution >= 4 is 39.6 Å². The van der Waals surface area contributed by atoms with Gasteiger partial charge in [0.2, 0.25) is 0 Å². The molecular weight excluding hydrogens is 529 g/mol. The Labute approximate surface area is 209 Å². The van der Waals surface area contributed by atoms with Crippen molar-refractivity contribution < 1.29 is 14.6 Å². The Hall–Kier alpha value is -2.00. The minimum Gasteiger partial charge on any atom is -0.465 e. The van der Waals surface area contributed by atoms with E-state index in [0.29, 0.717) is 6.42 Å². The summed E-state index contributed by atoms with van der Waals surface area (Å²) in [6.45, 7) is 10.8. The molecule has 0 atom stereocenters. The highest BCUT2D eigenvalue weighted by Crippen LogP contribution is 2.28. The molecular formula is C26H34IN3O3. The van der Waals surface area contributed by atoms with Crippen LogP contribution in [0.5, 0.6) is 0 Å². The van der Waals surface area contributed by atoms with Crippen molar-refractivity contribution in [2.45, 2.75) is 65.7 Å². The maximum atomic E-state index is 12.5. The molecule has 0 aliphatic carbocycles. The van der Waals surface area contributed by atoms with Gasteiger partial charge in [-0.05, 0) is 88.7 Å². The van der Waals surface area contributed by atoms with Crippen molar-refractivity contribution in [1.29, 1.82) is 0 Å². The lowest BCUT2D eigenvalue weighted by atomic mass is 9.84. The van der Waals surface area contributed by atoms with Crippen LogP contribution in [0.15, 0.2) is 36.4 Å². The predicted molar refractivity (Wildman–Crippen MR) is 140 cm³/mol. The van der Waals surface area contributed by atoms with Gasteiger partial charge in [0.1, 0.15) is 11.0 Å². The van der Waals surface area contributed by atoms with Crippen LogP contribution in [0.4, 0.5) is 0 Å². The molecule has 0 fully saturated rings. The number of carbonyl (C=O) groups is 1. The lowest BCUT2D eigenvalue weighted by Gasteiger charge is -2.28. The van der Waals surface area contributed by atoms with Gasteiger partial charge in [0.05, 0.1) is 18.9 Å². The zero-order valence-corrected chi connectivity index (χ0v) is 22.3. The molecule has 1 heterocycles. The van der Waals surface area contributed by atoms with Crippen LogP contribution in [0.25, 0.3) is 16.7 Å². The van der Waals surface area contributed by atoms with Gasteiger partial charge in [0.25, 0.3) is 0 Å². The van der Waals surface area contributed by atoms with Crippen LogP contribution in [-0.2, 0) is 21.4 Å². The number of hydrogen-bond donors (Lipinski definition) is 1. The maximum absolute atomic E-state index is 12.5. The third-order valence-corrected chi connectivity index (χ3v) is 7.08. The Balaban J connectivity index is 1.81. The van der Waals surface area contributed by atoms with Crippen molar-refractivity contribution in [2.75, 3.05) is 13.2 Å². The number of ether oxygens (including phenoxy) is 1. The topological polar surface area (TPSA) is 77.2 Å². The summed E-state index contributed by atoms with van der Waals surface area (Å²) in [6, 6.07) is 12.3. The average molecular weight is 563 g/mol. The van der Waals surface area contributed by atoms with E-state index in [4.69, 9.17) is 4.74 Å². The van der Waals surface area contributed by atoms with E-state index in [-0.39, 0.29) is 36.4 Å². The van der Waals surface area contributed by atoms with Crippen LogP contribution < -0.4 is 0 Å². The Morgan fingerprint density at radius 1 is 1.06 bits per heavy atom. The van der Waals surface area contributed by atoms with Crippen LogP contribution >= 0.6 is 22.6 Å². The number of halogens is 1. The Kier molecular flexibility index (Phi) is 8.16. The lowest BCUT2D eigenvalue weighted by Crippen LogP contribution is -2.31. The molecule has 0 spiro atoms. The molecule has 0 bridgehead atoms. The summed E-state index contributed by atoms with van der Waals surface area (Å²) in [4.78, 5) is 14.1. The number of benzene rings is 2. The largest absolute Gasteiger partial charge is 0.465 e. The molecule has 178 valence electrons. The number of esters is 1. The van der Waals surface area contributed by atoms with E-state index in [1.54, 1.807) is 4.80 Å². The summed E-state index contributed by atoms with van der Waals surface area (Å²) >= 11 is 2.27.